The van der Waals surface area contributed by atoms with Crippen LogP contribution in [0, 0.1) is 19.8 Å². The first kappa shape index (κ1) is 13.5. The number of hydrogen-bond acceptors (Lipinski definition) is 4. The van der Waals surface area contributed by atoms with E-state index in [1.54, 1.807) is 11.8 Å². The van der Waals surface area contributed by atoms with Crippen LogP contribution in [0.2, 0.25) is 0 Å². The lowest BCUT2D eigenvalue weighted by Crippen LogP contribution is -2.07. The number of thioether (sulfide) groups is 1. The summed E-state index contributed by atoms with van der Waals surface area (Å²) in [5.41, 5.74) is 9.09. The smallest absolute Gasteiger partial charge is 0.124 e. The highest BCUT2D eigenvalue weighted by molar-refractivity contribution is 7.99. The van der Waals surface area contributed by atoms with Crippen molar-refractivity contribution in [1.82, 2.24) is 10.2 Å². The predicted octanol–water partition coefficient (Wildman–Crippen LogP) is 2.69. The molecule has 0 atom stereocenters. The van der Waals surface area contributed by atoms with Gasteiger partial charge < -0.3 is 5.73 Å². The van der Waals surface area contributed by atoms with Gasteiger partial charge in [-0.1, -0.05) is 13.8 Å². The van der Waals surface area contributed by atoms with Crippen LogP contribution >= 0.6 is 11.8 Å². The average molecular weight is 239 g/mol. The van der Waals surface area contributed by atoms with Gasteiger partial charge in [0.25, 0.3) is 0 Å². The van der Waals surface area contributed by atoms with Crippen molar-refractivity contribution in [3.8, 4) is 0 Å². The van der Waals surface area contributed by atoms with Crippen molar-refractivity contribution in [2.75, 3.05) is 5.75 Å². The molecule has 1 rings (SSSR count). The minimum Gasteiger partial charge on any atom is -0.326 e. The molecule has 0 aliphatic rings. The Morgan fingerprint density at radius 3 is 2.50 bits per heavy atom. The Balaban J connectivity index is 2.76. The molecule has 0 saturated carbocycles. The standard InChI is InChI=1S/C12H21N3S/c1-8(2)5-6-16-12-11(7-13)9(3)10(4)14-15-12/h8H,5-7,13H2,1-4H3. The largest absolute Gasteiger partial charge is 0.326 e. The third-order valence-electron chi connectivity index (χ3n) is 2.68. The van der Waals surface area contributed by atoms with Crippen molar-refractivity contribution in [2.24, 2.45) is 11.7 Å². The lowest BCUT2D eigenvalue weighted by Gasteiger charge is -2.11. The normalized spacial score (nSPS) is 11.1. The van der Waals surface area contributed by atoms with Gasteiger partial charge in [-0.25, -0.2) is 0 Å². The highest BCUT2D eigenvalue weighted by Gasteiger charge is 2.10. The molecule has 0 aromatic carbocycles. The van der Waals surface area contributed by atoms with E-state index < -0.39 is 0 Å². The average Bonchev–Trinajstić information content (AvgIpc) is 2.23. The summed E-state index contributed by atoms with van der Waals surface area (Å²) in [4.78, 5) is 0. The van der Waals surface area contributed by atoms with E-state index in [1.807, 2.05) is 6.92 Å². The van der Waals surface area contributed by atoms with Crippen LogP contribution in [0.4, 0.5) is 0 Å². The van der Waals surface area contributed by atoms with E-state index in [2.05, 4.69) is 31.0 Å². The van der Waals surface area contributed by atoms with Gasteiger partial charge in [0.1, 0.15) is 5.03 Å². The molecule has 0 aliphatic carbocycles. The van der Waals surface area contributed by atoms with Crippen molar-refractivity contribution in [3.05, 3.63) is 16.8 Å². The molecule has 0 aliphatic heterocycles. The molecule has 16 heavy (non-hydrogen) atoms. The lowest BCUT2D eigenvalue weighted by atomic mass is 10.1. The third kappa shape index (κ3) is 3.46. The third-order valence-corrected chi connectivity index (χ3v) is 3.72. The molecular formula is C12H21N3S. The molecule has 0 fully saturated rings. The van der Waals surface area contributed by atoms with Crippen LogP contribution in [0.3, 0.4) is 0 Å². The zero-order valence-corrected chi connectivity index (χ0v) is 11.4. The van der Waals surface area contributed by atoms with Gasteiger partial charge in [0, 0.05) is 12.1 Å². The van der Waals surface area contributed by atoms with E-state index in [9.17, 15) is 0 Å². The molecule has 3 nitrogen and oxygen atoms in total. The van der Waals surface area contributed by atoms with Crippen LogP contribution in [0.1, 0.15) is 37.1 Å². The summed E-state index contributed by atoms with van der Waals surface area (Å²) in [5.74, 6) is 1.82. The van der Waals surface area contributed by atoms with Crippen molar-refractivity contribution in [2.45, 2.75) is 45.7 Å². The number of aromatic nitrogens is 2. The number of hydrogen-bond donors (Lipinski definition) is 1. The second-order valence-corrected chi connectivity index (χ2v) is 5.51. The molecule has 0 bridgehead atoms. The van der Waals surface area contributed by atoms with Gasteiger partial charge in [-0.3, -0.25) is 0 Å². The Morgan fingerprint density at radius 2 is 1.94 bits per heavy atom. The summed E-state index contributed by atoms with van der Waals surface area (Å²) in [6.45, 7) is 9.06. The van der Waals surface area contributed by atoms with Crippen LogP contribution < -0.4 is 5.73 Å². The Hall–Kier alpha value is -0.610. The Bertz CT molecular complexity index is 350. The maximum Gasteiger partial charge on any atom is 0.124 e. The fourth-order valence-electron chi connectivity index (χ4n) is 1.38. The summed E-state index contributed by atoms with van der Waals surface area (Å²) in [7, 11) is 0. The van der Waals surface area contributed by atoms with Gasteiger partial charge >= 0.3 is 0 Å². The number of nitrogens with two attached hydrogens (primary N) is 1. The second kappa shape index (κ2) is 6.21. The zero-order chi connectivity index (χ0) is 12.1. The quantitative estimate of drug-likeness (QED) is 0.803. The first-order chi connectivity index (χ1) is 7.56. The topological polar surface area (TPSA) is 51.8 Å². The molecule has 1 aromatic rings. The van der Waals surface area contributed by atoms with Gasteiger partial charge in [0.05, 0.1) is 5.69 Å². The molecule has 0 unspecified atom stereocenters. The van der Waals surface area contributed by atoms with Crippen LogP contribution in [0.15, 0.2) is 5.03 Å². The Labute approximate surface area is 102 Å². The lowest BCUT2D eigenvalue weighted by molar-refractivity contribution is 0.631. The summed E-state index contributed by atoms with van der Waals surface area (Å²) in [6, 6.07) is 0. The predicted molar refractivity (Wildman–Crippen MR) is 69.6 cm³/mol. The van der Waals surface area contributed by atoms with E-state index in [-0.39, 0.29) is 0 Å². The fourth-order valence-corrected chi connectivity index (χ4v) is 2.67. The summed E-state index contributed by atoms with van der Waals surface area (Å²) in [5, 5.41) is 9.40. The SMILES string of the molecule is Cc1nnc(SCCC(C)C)c(CN)c1C. The van der Waals surface area contributed by atoms with Crippen molar-refractivity contribution in [1.29, 1.82) is 0 Å². The van der Waals surface area contributed by atoms with E-state index in [1.165, 1.54) is 12.0 Å². The van der Waals surface area contributed by atoms with E-state index in [0.29, 0.717) is 6.54 Å². The van der Waals surface area contributed by atoms with Gasteiger partial charge in [-0.05, 0) is 37.5 Å². The highest BCUT2D eigenvalue weighted by atomic mass is 32.2. The maximum absolute atomic E-state index is 5.77. The van der Waals surface area contributed by atoms with Gasteiger partial charge in [0.2, 0.25) is 0 Å². The van der Waals surface area contributed by atoms with Crippen LogP contribution in [-0.2, 0) is 6.54 Å². The van der Waals surface area contributed by atoms with Gasteiger partial charge in [-0.15, -0.1) is 16.9 Å². The summed E-state index contributed by atoms with van der Waals surface area (Å²) >= 11 is 1.77. The maximum atomic E-state index is 5.77. The first-order valence-electron chi connectivity index (χ1n) is 5.71. The molecular weight excluding hydrogens is 218 g/mol. The molecule has 0 amide bonds. The first-order valence-corrected chi connectivity index (χ1v) is 6.70. The van der Waals surface area contributed by atoms with Crippen molar-refractivity contribution in [3.63, 3.8) is 0 Å². The monoisotopic (exact) mass is 239 g/mol. The molecule has 0 spiro atoms. The molecule has 1 aromatic heterocycles. The molecule has 4 heteroatoms. The van der Waals surface area contributed by atoms with Crippen LogP contribution in [0.25, 0.3) is 0 Å². The Kier molecular flexibility index (Phi) is 5.22. The Morgan fingerprint density at radius 1 is 1.25 bits per heavy atom. The van der Waals surface area contributed by atoms with Crippen LogP contribution in [-0.4, -0.2) is 16.0 Å². The van der Waals surface area contributed by atoms with Crippen molar-refractivity contribution < 1.29 is 0 Å². The summed E-state index contributed by atoms with van der Waals surface area (Å²) in [6.07, 6.45) is 1.20. The van der Waals surface area contributed by atoms with Gasteiger partial charge in [0.15, 0.2) is 0 Å². The number of nitrogens with zero attached hydrogens (tertiary/aromatic N) is 2. The molecule has 0 radical (unpaired) electrons. The number of aryl methyl sites for hydroxylation is 1. The fraction of sp³-hybridized carbons (Fsp3) is 0.667. The number of rotatable bonds is 5. The molecule has 90 valence electrons. The minimum absolute atomic E-state index is 0.548. The molecule has 2 N–H and O–H groups in total. The van der Waals surface area contributed by atoms with Crippen LogP contribution in [0.5, 0.6) is 0 Å². The molecule has 0 saturated heterocycles. The second-order valence-electron chi connectivity index (χ2n) is 4.43. The molecule has 1 heterocycles. The van der Waals surface area contributed by atoms with Gasteiger partial charge in [-0.2, -0.15) is 5.10 Å². The van der Waals surface area contributed by atoms with E-state index in [0.717, 1.165) is 28.0 Å². The zero-order valence-electron chi connectivity index (χ0n) is 10.6. The van der Waals surface area contributed by atoms with E-state index >= 15 is 0 Å². The highest BCUT2D eigenvalue weighted by Crippen LogP contribution is 2.24. The summed E-state index contributed by atoms with van der Waals surface area (Å²) < 4.78 is 0. The van der Waals surface area contributed by atoms with E-state index in [4.69, 9.17) is 5.73 Å². The minimum atomic E-state index is 0.548. The van der Waals surface area contributed by atoms with Crippen molar-refractivity contribution >= 4 is 11.8 Å².